The Morgan fingerprint density at radius 3 is 2.68 bits per heavy atom. The topological polar surface area (TPSA) is 50.2 Å². The minimum Gasteiger partial charge on any atom is -0.279 e. The Labute approximate surface area is 137 Å². The number of rotatable bonds is 4. The second kappa shape index (κ2) is 6.68. The molecule has 0 aliphatic rings. The fourth-order valence-corrected chi connectivity index (χ4v) is 2.72. The van der Waals surface area contributed by atoms with Crippen LogP contribution >= 0.6 is 23.1 Å². The first-order valence-corrected chi connectivity index (χ1v) is 7.87. The molecule has 4 nitrogen and oxygen atoms in total. The molecular formula is C16H13ClN4S. The molecule has 22 heavy (non-hydrogen) atoms. The fraction of sp³-hybridized carbons (Fsp3) is 0.0625. The highest BCUT2D eigenvalue weighted by atomic mass is 35.5. The fourth-order valence-electron chi connectivity index (χ4n) is 1.99. The van der Waals surface area contributed by atoms with E-state index in [9.17, 15) is 0 Å². The van der Waals surface area contributed by atoms with Crippen molar-refractivity contribution >= 4 is 35.0 Å². The molecule has 0 unspecified atom stereocenters. The quantitative estimate of drug-likeness (QED) is 0.562. The number of hydrogen-bond acceptors (Lipinski definition) is 5. The van der Waals surface area contributed by atoms with Crippen molar-refractivity contribution in [2.24, 2.45) is 5.10 Å². The maximum Gasteiger partial charge on any atom is 0.105 e. The van der Waals surface area contributed by atoms with Gasteiger partial charge in [-0.05, 0) is 42.2 Å². The van der Waals surface area contributed by atoms with Gasteiger partial charge in [-0.25, -0.2) is 0 Å². The second-order valence-electron chi connectivity index (χ2n) is 4.71. The molecule has 2 aromatic carbocycles. The first-order chi connectivity index (χ1) is 10.7. The normalized spacial score (nSPS) is 11.0. The van der Waals surface area contributed by atoms with E-state index in [1.54, 1.807) is 6.21 Å². The molecule has 0 aliphatic heterocycles. The van der Waals surface area contributed by atoms with Gasteiger partial charge < -0.3 is 0 Å². The Morgan fingerprint density at radius 2 is 2.00 bits per heavy atom. The summed E-state index contributed by atoms with van der Waals surface area (Å²) in [5.74, 6) is 0. The predicted molar refractivity (Wildman–Crippen MR) is 92.8 cm³/mol. The van der Waals surface area contributed by atoms with E-state index in [1.807, 2.05) is 54.8 Å². The Hall–Kier alpha value is -2.24. The molecule has 0 spiro atoms. The largest absolute Gasteiger partial charge is 0.279 e. The SMILES string of the molecule is Cc1cccc(Cl)c1C=NNc1ccc(-c2csnn2)cc1. The summed E-state index contributed by atoms with van der Waals surface area (Å²) in [5, 5.41) is 10.9. The highest BCUT2D eigenvalue weighted by Gasteiger charge is 2.01. The van der Waals surface area contributed by atoms with Crippen molar-refractivity contribution in [3.63, 3.8) is 0 Å². The van der Waals surface area contributed by atoms with Crippen molar-refractivity contribution in [1.29, 1.82) is 0 Å². The lowest BCUT2D eigenvalue weighted by Gasteiger charge is -2.04. The van der Waals surface area contributed by atoms with Crippen molar-refractivity contribution in [3.8, 4) is 11.3 Å². The van der Waals surface area contributed by atoms with Gasteiger partial charge in [0.05, 0.1) is 11.9 Å². The molecule has 110 valence electrons. The van der Waals surface area contributed by atoms with Gasteiger partial charge in [-0.2, -0.15) is 5.10 Å². The first kappa shape index (κ1) is 14.7. The van der Waals surface area contributed by atoms with Gasteiger partial charge in [0.15, 0.2) is 0 Å². The standard InChI is InChI=1S/C16H13ClN4S/c1-11-3-2-4-15(17)14(11)9-18-19-13-7-5-12(6-8-13)16-10-22-21-20-16/h2-10,19H,1H3. The average molecular weight is 329 g/mol. The highest BCUT2D eigenvalue weighted by Crippen LogP contribution is 2.20. The van der Waals surface area contributed by atoms with E-state index in [0.29, 0.717) is 5.02 Å². The zero-order chi connectivity index (χ0) is 15.4. The Bertz CT molecular complexity index is 762. The summed E-state index contributed by atoms with van der Waals surface area (Å²) in [6, 6.07) is 13.6. The maximum atomic E-state index is 6.16. The third-order valence-corrected chi connectivity index (χ3v) is 4.03. The van der Waals surface area contributed by atoms with Crippen molar-refractivity contribution in [3.05, 3.63) is 64.0 Å². The lowest BCUT2D eigenvalue weighted by Crippen LogP contribution is -1.93. The van der Waals surface area contributed by atoms with Crippen molar-refractivity contribution in [1.82, 2.24) is 9.59 Å². The van der Waals surface area contributed by atoms with Crippen LogP contribution in [0.4, 0.5) is 5.69 Å². The molecule has 1 N–H and O–H groups in total. The number of anilines is 1. The molecule has 0 saturated carbocycles. The molecule has 3 aromatic rings. The summed E-state index contributed by atoms with van der Waals surface area (Å²) < 4.78 is 3.86. The summed E-state index contributed by atoms with van der Waals surface area (Å²) in [5.41, 5.74) is 7.81. The van der Waals surface area contributed by atoms with E-state index in [2.05, 4.69) is 20.1 Å². The molecule has 0 radical (unpaired) electrons. The zero-order valence-electron chi connectivity index (χ0n) is 11.8. The number of hydrazone groups is 1. The molecule has 0 fully saturated rings. The number of nitrogens with zero attached hydrogens (tertiary/aromatic N) is 3. The van der Waals surface area contributed by atoms with Crippen LogP contribution in [0.25, 0.3) is 11.3 Å². The van der Waals surface area contributed by atoms with Gasteiger partial charge in [0.25, 0.3) is 0 Å². The summed E-state index contributed by atoms with van der Waals surface area (Å²) in [7, 11) is 0. The van der Waals surface area contributed by atoms with Crippen LogP contribution in [0.1, 0.15) is 11.1 Å². The van der Waals surface area contributed by atoms with Crippen molar-refractivity contribution in [2.75, 3.05) is 5.43 Å². The molecule has 0 aliphatic carbocycles. The molecule has 6 heteroatoms. The molecule has 1 heterocycles. The average Bonchev–Trinajstić information content (AvgIpc) is 3.05. The Kier molecular flexibility index (Phi) is 4.46. The molecule has 0 amide bonds. The molecule has 3 rings (SSSR count). The van der Waals surface area contributed by atoms with Crippen molar-refractivity contribution < 1.29 is 0 Å². The number of benzene rings is 2. The van der Waals surface area contributed by atoms with Crippen LogP contribution in [-0.4, -0.2) is 15.8 Å². The van der Waals surface area contributed by atoms with E-state index in [1.165, 1.54) is 11.5 Å². The predicted octanol–water partition coefficient (Wildman–Crippen LogP) is 4.61. The van der Waals surface area contributed by atoms with E-state index in [-0.39, 0.29) is 0 Å². The first-order valence-electron chi connectivity index (χ1n) is 6.66. The van der Waals surface area contributed by atoms with Gasteiger partial charge >= 0.3 is 0 Å². The molecular weight excluding hydrogens is 316 g/mol. The van der Waals surface area contributed by atoms with Crippen LogP contribution in [0, 0.1) is 6.92 Å². The number of halogens is 1. The van der Waals surface area contributed by atoms with Crippen LogP contribution in [0.5, 0.6) is 0 Å². The van der Waals surface area contributed by atoms with Gasteiger partial charge in [-0.15, -0.1) is 5.10 Å². The molecule has 0 saturated heterocycles. The van der Waals surface area contributed by atoms with Gasteiger partial charge in [-0.1, -0.05) is 40.4 Å². The van der Waals surface area contributed by atoms with Crippen LogP contribution in [0.15, 0.2) is 52.9 Å². The molecule has 1 aromatic heterocycles. The monoisotopic (exact) mass is 328 g/mol. The smallest absolute Gasteiger partial charge is 0.105 e. The number of aromatic nitrogens is 2. The highest BCUT2D eigenvalue weighted by molar-refractivity contribution is 7.03. The molecule has 0 bridgehead atoms. The minimum absolute atomic E-state index is 0.692. The summed E-state index contributed by atoms with van der Waals surface area (Å²) >= 11 is 7.50. The van der Waals surface area contributed by atoms with Crippen LogP contribution in [0.3, 0.4) is 0 Å². The van der Waals surface area contributed by atoms with E-state index < -0.39 is 0 Å². The summed E-state index contributed by atoms with van der Waals surface area (Å²) in [6.45, 7) is 2.00. The van der Waals surface area contributed by atoms with Gasteiger partial charge in [0.2, 0.25) is 0 Å². The lowest BCUT2D eigenvalue weighted by atomic mass is 10.1. The van der Waals surface area contributed by atoms with E-state index in [4.69, 9.17) is 11.6 Å². The summed E-state index contributed by atoms with van der Waals surface area (Å²) in [4.78, 5) is 0. The Morgan fingerprint density at radius 1 is 1.18 bits per heavy atom. The van der Waals surface area contributed by atoms with Gasteiger partial charge in [0.1, 0.15) is 5.69 Å². The lowest BCUT2D eigenvalue weighted by molar-refractivity contribution is 1.16. The molecule has 0 atom stereocenters. The number of hydrogen-bond donors (Lipinski definition) is 1. The second-order valence-corrected chi connectivity index (χ2v) is 5.72. The summed E-state index contributed by atoms with van der Waals surface area (Å²) in [6.07, 6.45) is 1.73. The zero-order valence-corrected chi connectivity index (χ0v) is 13.4. The van der Waals surface area contributed by atoms with Crippen molar-refractivity contribution in [2.45, 2.75) is 6.92 Å². The van der Waals surface area contributed by atoms with Gasteiger partial charge in [0, 0.05) is 21.5 Å². The number of nitrogens with one attached hydrogen (secondary N) is 1. The Balaban J connectivity index is 1.70. The minimum atomic E-state index is 0.692. The van der Waals surface area contributed by atoms with Gasteiger partial charge in [-0.3, -0.25) is 5.43 Å². The van der Waals surface area contributed by atoms with Crippen LogP contribution in [-0.2, 0) is 0 Å². The van der Waals surface area contributed by atoms with Crippen LogP contribution < -0.4 is 5.43 Å². The van der Waals surface area contributed by atoms with E-state index >= 15 is 0 Å². The maximum absolute atomic E-state index is 6.16. The van der Waals surface area contributed by atoms with E-state index in [0.717, 1.165) is 28.1 Å². The third kappa shape index (κ3) is 3.32. The third-order valence-electron chi connectivity index (χ3n) is 3.20. The number of aryl methyl sites for hydroxylation is 1. The van der Waals surface area contributed by atoms with Crippen LogP contribution in [0.2, 0.25) is 5.02 Å².